The Morgan fingerprint density at radius 1 is 1.00 bits per heavy atom. The quantitative estimate of drug-likeness (QED) is 0.554. The highest BCUT2D eigenvalue weighted by Crippen LogP contribution is 2.24. The molecule has 0 radical (unpaired) electrons. The number of aryl methyl sites for hydroxylation is 4. The van der Waals surface area contributed by atoms with Crippen LogP contribution in [0.1, 0.15) is 39.7 Å². The lowest BCUT2D eigenvalue weighted by atomic mass is 10.0. The highest BCUT2D eigenvalue weighted by Gasteiger charge is 2.21. The molecule has 3 aromatic rings. The van der Waals surface area contributed by atoms with Crippen molar-refractivity contribution in [3.05, 3.63) is 70.4 Å². The highest BCUT2D eigenvalue weighted by atomic mass is 16.5. The molecule has 0 saturated heterocycles. The van der Waals surface area contributed by atoms with Gasteiger partial charge in [0.05, 0.1) is 23.3 Å². The van der Waals surface area contributed by atoms with Crippen molar-refractivity contribution in [3.63, 3.8) is 0 Å². The molecule has 2 aromatic carbocycles. The van der Waals surface area contributed by atoms with Gasteiger partial charge >= 0.3 is 5.97 Å². The number of nitrogens with one attached hydrogen (secondary N) is 1. The van der Waals surface area contributed by atoms with Crippen LogP contribution in [0.2, 0.25) is 0 Å². The third kappa shape index (κ3) is 5.37. The van der Waals surface area contributed by atoms with Gasteiger partial charge in [-0.3, -0.25) is 14.6 Å². The van der Waals surface area contributed by atoms with Crippen LogP contribution >= 0.6 is 0 Å². The van der Waals surface area contributed by atoms with Crippen molar-refractivity contribution in [1.29, 1.82) is 0 Å². The summed E-state index contributed by atoms with van der Waals surface area (Å²) in [5.41, 5.74) is 5.23. The second-order valence-electron chi connectivity index (χ2n) is 8.07. The van der Waals surface area contributed by atoms with E-state index in [2.05, 4.69) is 10.3 Å². The molecule has 0 aliphatic rings. The number of hydrogen-bond donors (Lipinski definition) is 1. The number of esters is 1. The van der Waals surface area contributed by atoms with Gasteiger partial charge in [0.2, 0.25) is 5.91 Å². The molecule has 2 amide bonds. The summed E-state index contributed by atoms with van der Waals surface area (Å²) in [6, 6.07) is 13.3. The molecule has 0 unspecified atom stereocenters. The topological polar surface area (TPSA) is 88.6 Å². The summed E-state index contributed by atoms with van der Waals surface area (Å²) in [4.78, 5) is 43.6. The van der Waals surface area contributed by atoms with Gasteiger partial charge in [-0.05, 0) is 49.9 Å². The maximum atomic E-state index is 12.8. The highest BCUT2D eigenvalue weighted by molar-refractivity contribution is 5.99. The average molecular weight is 448 g/mol. The van der Waals surface area contributed by atoms with E-state index in [-0.39, 0.29) is 12.5 Å². The molecular weight excluding hydrogens is 418 g/mol. The zero-order chi connectivity index (χ0) is 24.1. The van der Waals surface area contributed by atoms with Crippen LogP contribution in [0.4, 0.5) is 5.69 Å². The van der Waals surface area contributed by atoms with E-state index in [0.717, 1.165) is 33.3 Å². The molecule has 7 nitrogen and oxygen atoms in total. The first-order valence-corrected chi connectivity index (χ1v) is 10.9. The number of benzene rings is 2. The molecule has 0 aliphatic carbocycles. The molecule has 33 heavy (non-hydrogen) atoms. The predicted octanol–water partition coefficient (Wildman–Crippen LogP) is 3.98. The molecule has 0 atom stereocenters. The molecule has 0 fully saturated rings. The zero-order valence-corrected chi connectivity index (χ0v) is 19.7. The summed E-state index contributed by atoms with van der Waals surface area (Å²) in [6.45, 7) is 6.98. The largest absolute Gasteiger partial charge is 0.452 e. The maximum absolute atomic E-state index is 12.8. The van der Waals surface area contributed by atoms with Gasteiger partial charge in [-0.1, -0.05) is 43.3 Å². The Bertz CT molecular complexity index is 1200. The predicted molar refractivity (Wildman–Crippen MR) is 128 cm³/mol. The van der Waals surface area contributed by atoms with Crippen LogP contribution < -0.4 is 5.32 Å². The van der Waals surface area contributed by atoms with Crippen LogP contribution in [0.15, 0.2) is 42.5 Å². The van der Waals surface area contributed by atoms with Gasteiger partial charge in [0, 0.05) is 18.1 Å². The lowest BCUT2D eigenvalue weighted by Gasteiger charge is -2.18. The van der Waals surface area contributed by atoms with Crippen LogP contribution in [0.5, 0.6) is 0 Å². The number of nitrogens with zero attached hydrogens (tertiary/aromatic N) is 2. The van der Waals surface area contributed by atoms with Crippen molar-refractivity contribution >= 4 is 34.4 Å². The third-order valence-electron chi connectivity index (χ3n) is 5.64. The van der Waals surface area contributed by atoms with Gasteiger partial charge in [-0.25, -0.2) is 4.79 Å². The summed E-state index contributed by atoms with van der Waals surface area (Å²) in [7, 11) is 1.50. The van der Waals surface area contributed by atoms with Gasteiger partial charge in [-0.15, -0.1) is 0 Å². The van der Waals surface area contributed by atoms with E-state index in [1.807, 2.05) is 70.2 Å². The summed E-state index contributed by atoms with van der Waals surface area (Å²) in [5.74, 6) is -1.38. The molecule has 172 valence electrons. The molecule has 0 bridgehead atoms. The molecule has 1 heterocycles. The SMILES string of the molecule is CCc1nc2ccccc2c(C)c1C(=O)OCC(=O)N(C)CC(=O)Nc1c(C)cccc1C. The van der Waals surface area contributed by atoms with Crippen LogP contribution in [0.25, 0.3) is 10.9 Å². The average Bonchev–Trinajstić information content (AvgIpc) is 2.79. The smallest absolute Gasteiger partial charge is 0.340 e. The molecule has 1 aromatic heterocycles. The number of ether oxygens (including phenoxy) is 1. The fourth-order valence-electron chi connectivity index (χ4n) is 3.77. The zero-order valence-electron chi connectivity index (χ0n) is 19.7. The van der Waals surface area contributed by atoms with Gasteiger partial charge in [0.25, 0.3) is 5.91 Å². The second-order valence-corrected chi connectivity index (χ2v) is 8.07. The number of para-hydroxylation sites is 2. The molecular formula is C26H29N3O4. The van der Waals surface area contributed by atoms with E-state index in [9.17, 15) is 14.4 Å². The number of fused-ring (bicyclic) bond motifs is 1. The van der Waals surface area contributed by atoms with Gasteiger partial charge < -0.3 is 15.0 Å². The Labute approximate surface area is 193 Å². The minimum Gasteiger partial charge on any atom is -0.452 e. The van der Waals surface area contributed by atoms with Crippen LogP contribution in [0, 0.1) is 20.8 Å². The molecule has 7 heteroatoms. The maximum Gasteiger partial charge on any atom is 0.340 e. The summed E-state index contributed by atoms with van der Waals surface area (Å²) in [6.07, 6.45) is 0.558. The van der Waals surface area contributed by atoms with E-state index in [1.54, 1.807) is 0 Å². The minimum atomic E-state index is -0.593. The molecule has 0 aliphatic heterocycles. The van der Waals surface area contributed by atoms with E-state index < -0.39 is 18.5 Å². The summed E-state index contributed by atoms with van der Waals surface area (Å²) >= 11 is 0. The number of aromatic nitrogens is 1. The molecule has 1 N–H and O–H groups in total. The van der Waals surface area contributed by atoms with Gasteiger partial charge in [0.15, 0.2) is 6.61 Å². The van der Waals surface area contributed by atoms with E-state index in [0.29, 0.717) is 17.7 Å². The molecule has 3 rings (SSSR count). The molecule has 0 saturated carbocycles. The van der Waals surface area contributed by atoms with Crippen molar-refractivity contribution < 1.29 is 19.1 Å². The molecule has 0 spiro atoms. The Morgan fingerprint density at radius 2 is 1.67 bits per heavy atom. The fourth-order valence-corrected chi connectivity index (χ4v) is 3.77. The van der Waals surface area contributed by atoms with Crippen molar-refractivity contribution in [3.8, 4) is 0 Å². The minimum absolute atomic E-state index is 0.152. The first kappa shape index (κ1) is 23.9. The number of likely N-dealkylation sites (N-methyl/N-ethyl adjacent to an activating group) is 1. The number of pyridine rings is 1. The standard InChI is InChI=1S/C26H29N3O4/c1-6-20-24(18(4)19-12-7-8-13-21(19)27-20)26(32)33-15-23(31)29(5)14-22(30)28-25-16(2)10-9-11-17(25)3/h7-13H,6,14-15H2,1-5H3,(H,28,30). The number of carbonyl (C=O) groups is 3. The van der Waals surface area contributed by atoms with Crippen molar-refractivity contribution in [1.82, 2.24) is 9.88 Å². The van der Waals surface area contributed by atoms with Crippen molar-refractivity contribution in [2.75, 3.05) is 25.5 Å². The van der Waals surface area contributed by atoms with Crippen LogP contribution in [0.3, 0.4) is 0 Å². The fraction of sp³-hybridized carbons (Fsp3) is 0.308. The Morgan fingerprint density at radius 3 is 2.33 bits per heavy atom. The number of hydrogen-bond acceptors (Lipinski definition) is 5. The van der Waals surface area contributed by atoms with Crippen LogP contribution in [-0.4, -0.2) is 47.9 Å². The lowest BCUT2D eigenvalue weighted by Crippen LogP contribution is -2.37. The first-order valence-electron chi connectivity index (χ1n) is 10.9. The Balaban J connectivity index is 1.64. The normalized spacial score (nSPS) is 10.7. The number of carbonyl (C=O) groups excluding carboxylic acids is 3. The van der Waals surface area contributed by atoms with Crippen molar-refractivity contribution in [2.45, 2.75) is 34.1 Å². The Hall–Kier alpha value is -3.74. The number of rotatable bonds is 7. The van der Waals surface area contributed by atoms with E-state index >= 15 is 0 Å². The lowest BCUT2D eigenvalue weighted by molar-refractivity contribution is -0.136. The monoisotopic (exact) mass is 447 g/mol. The summed E-state index contributed by atoms with van der Waals surface area (Å²) in [5, 5.41) is 3.71. The van der Waals surface area contributed by atoms with E-state index in [4.69, 9.17) is 4.74 Å². The first-order chi connectivity index (χ1) is 15.7. The van der Waals surface area contributed by atoms with Crippen molar-refractivity contribution in [2.24, 2.45) is 0 Å². The van der Waals surface area contributed by atoms with Crippen LogP contribution in [-0.2, 0) is 20.7 Å². The third-order valence-corrected chi connectivity index (χ3v) is 5.64. The van der Waals surface area contributed by atoms with Gasteiger partial charge in [0.1, 0.15) is 0 Å². The van der Waals surface area contributed by atoms with Gasteiger partial charge in [-0.2, -0.15) is 0 Å². The Kier molecular flexibility index (Phi) is 7.43. The summed E-state index contributed by atoms with van der Waals surface area (Å²) < 4.78 is 5.32. The number of anilines is 1. The second kappa shape index (κ2) is 10.3. The number of amides is 2. The van der Waals surface area contributed by atoms with E-state index in [1.165, 1.54) is 11.9 Å².